The van der Waals surface area contributed by atoms with E-state index in [0.717, 1.165) is 11.5 Å². The summed E-state index contributed by atoms with van der Waals surface area (Å²) < 4.78 is 8.97. The highest BCUT2D eigenvalue weighted by molar-refractivity contribution is 7.07. The molecule has 2 aromatic rings. The molecule has 0 radical (unpaired) electrons. The van der Waals surface area contributed by atoms with Gasteiger partial charge in [-0.25, -0.2) is 0 Å². The Labute approximate surface area is 113 Å². The number of ether oxygens (including phenoxy) is 1. The average Bonchev–Trinajstić information content (AvgIpc) is 2.81. The number of halogens is 1. The molecule has 5 nitrogen and oxygen atoms in total. The Balaban J connectivity index is 2.11. The van der Waals surface area contributed by atoms with Crippen molar-refractivity contribution in [3.05, 3.63) is 35.0 Å². The number of hydrogen-bond acceptors (Lipinski definition) is 5. The largest absolute Gasteiger partial charge is 0.481 e. The quantitative estimate of drug-likeness (QED) is 0.937. The molecule has 0 fully saturated rings. The van der Waals surface area contributed by atoms with E-state index in [2.05, 4.69) is 14.9 Å². The average molecular weight is 284 g/mol. The van der Waals surface area contributed by atoms with E-state index in [-0.39, 0.29) is 11.6 Å². The lowest BCUT2D eigenvalue weighted by Crippen LogP contribution is -2.13. The first-order valence-corrected chi connectivity index (χ1v) is 6.38. The Morgan fingerprint density at radius 2 is 2.17 bits per heavy atom. The maximum absolute atomic E-state index is 11.9. The molecular formula is C11H10ClN3O2S. The van der Waals surface area contributed by atoms with Crippen molar-refractivity contribution in [2.24, 2.45) is 0 Å². The molecule has 0 aliphatic carbocycles. The van der Waals surface area contributed by atoms with Gasteiger partial charge in [-0.2, -0.15) is 0 Å². The second-order valence-corrected chi connectivity index (χ2v) is 4.46. The molecule has 0 saturated heterocycles. The zero-order valence-corrected chi connectivity index (χ0v) is 11.1. The van der Waals surface area contributed by atoms with E-state index in [0.29, 0.717) is 22.4 Å². The number of amides is 1. The van der Waals surface area contributed by atoms with Crippen LogP contribution in [0, 0.1) is 0 Å². The summed E-state index contributed by atoms with van der Waals surface area (Å²) in [5.74, 6) is -0.352. The highest BCUT2D eigenvalue weighted by Gasteiger charge is 2.17. The Bertz CT molecular complexity index is 541. The summed E-state index contributed by atoms with van der Waals surface area (Å²) in [6, 6.07) is 6.81. The number of benzene rings is 1. The molecule has 1 aromatic carbocycles. The molecule has 0 aliphatic rings. The molecule has 0 spiro atoms. The Morgan fingerprint density at radius 1 is 1.44 bits per heavy atom. The number of aromatic nitrogens is 2. The maximum Gasteiger partial charge on any atom is 0.281 e. The smallest absolute Gasteiger partial charge is 0.281 e. The van der Waals surface area contributed by atoms with Crippen molar-refractivity contribution in [2.75, 3.05) is 11.9 Å². The number of nitrogens with one attached hydrogen (secondary N) is 1. The highest BCUT2D eigenvalue weighted by Crippen LogP contribution is 2.22. The molecule has 1 heterocycles. The minimum atomic E-state index is -0.352. The first-order valence-electron chi connectivity index (χ1n) is 5.22. The number of rotatable bonds is 4. The second kappa shape index (κ2) is 5.79. The van der Waals surface area contributed by atoms with Gasteiger partial charge in [0.1, 0.15) is 0 Å². The van der Waals surface area contributed by atoms with Crippen molar-refractivity contribution in [3.8, 4) is 5.06 Å². The lowest BCUT2D eigenvalue weighted by molar-refractivity contribution is 0.101. The van der Waals surface area contributed by atoms with Crippen LogP contribution in [0.2, 0.25) is 5.02 Å². The van der Waals surface area contributed by atoms with E-state index in [1.165, 1.54) is 0 Å². The third-order valence-corrected chi connectivity index (χ3v) is 2.94. The molecule has 0 unspecified atom stereocenters. The van der Waals surface area contributed by atoms with Crippen LogP contribution in [-0.4, -0.2) is 22.1 Å². The summed E-state index contributed by atoms with van der Waals surface area (Å²) in [6.45, 7) is 2.30. The third kappa shape index (κ3) is 2.96. The first-order chi connectivity index (χ1) is 8.70. The fraction of sp³-hybridized carbons (Fsp3) is 0.182. The monoisotopic (exact) mass is 283 g/mol. The number of anilines is 1. The molecule has 0 aliphatic heterocycles. The van der Waals surface area contributed by atoms with Crippen molar-refractivity contribution in [1.82, 2.24) is 9.59 Å². The van der Waals surface area contributed by atoms with E-state index in [1.54, 1.807) is 24.3 Å². The van der Waals surface area contributed by atoms with Crippen LogP contribution in [-0.2, 0) is 0 Å². The van der Waals surface area contributed by atoms with Gasteiger partial charge in [-0.05, 0) is 31.2 Å². The van der Waals surface area contributed by atoms with Gasteiger partial charge in [-0.1, -0.05) is 16.1 Å². The Hall–Kier alpha value is -1.66. The summed E-state index contributed by atoms with van der Waals surface area (Å²) in [5.41, 5.74) is 0.830. The predicted molar refractivity (Wildman–Crippen MR) is 70.5 cm³/mol. The lowest BCUT2D eigenvalue weighted by atomic mass is 10.3. The van der Waals surface area contributed by atoms with Crippen molar-refractivity contribution in [2.45, 2.75) is 6.92 Å². The standard InChI is InChI=1S/C11H10ClN3O2S/c1-2-17-11-9(14-15-18-11)10(16)13-8-5-3-7(12)4-6-8/h3-6H,2H2,1H3,(H,13,16). The predicted octanol–water partition coefficient (Wildman–Crippen LogP) is 2.84. The van der Waals surface area contributed by atoms with Crippen LogP contribution in [0.25, 0.3) is 0 Å². The van der Waals surface area contributed by atoms with Gasteiger partial charge in [0.05, 0.1) is 6.61 Å². The first kappa shape index (κ1) is 12.8. The molecule has 1 N–H and O–H groups in total. The van der Waals surface area contributed by atoms with Crippen LogP contribution in [0.1, 0.15) is 17.4 Å². The minimum absolute atomic E-state index is 0.191. The van der Waals surface area contributed by atoms with E-state index in [4.69, 9.17) is 16.3 Å². The van der Waals surface area contributed by atoms with Crippen LogP contribution < -0.4 is 10.1 Å². The topological polar surface area (TPSA) is 64.1 Å². The summed E-state index contributed by atoms with van der Waals surface area (Å²) in [7, 11) is 0. The van der Waals surface area contributed by atoms with Gasteiger partial charge in [-0.3, -0.25) is 4.79 Å². The van der Waals surface area contributed by atoms with Crippen LogP contribution in [0.15, 0.2) is 24.3 Å². The summed E-state index contributed by atoms with van der Waals surface area (Å²) in [6.07, 6.45) is 0. The summed E-state index contributed by atoms with van der Waals surface area (Å²) in [4.78, 5) is 11.9. The van der Waals surface area contributed by atoms with Gasteiger partial charge in [0.25, 0.3) is 5.91 Å². The van der Waals surface area contributed by atoms with Gasteiger partial charge in [0, 0.05) is 22.2 Å². The minimum Gasteiger partial charge on any atom is -0.481 e. The normalized spacial score (nSPS) is 10.1. The molecule has 0 bridgehead atoms. The van der Waals surface area contributed by atoms with Gasteiger partial charge < -0.3 is 10.1 Å². The van der Waals surface area contributed by atoms with Crippen molar-refractivity contribution < 1.29 is 9.53 Å². The van der Waals surface area contributed by atoms with E-state index in [1.807, 2.05) is 6.92 Å². The Kier molecular flexibility index (Phi) is 4.11. The van der Waals surface area contributed by atoms with Gasteiger partial charge in [-0.15, -0.1) is 5.10 Å². The zero-order chi connectivity index (χ0) is 13.0. The van der Waals surface area contributed by atoms with Crippen molar-refractivity contribution in [1.29, 1.82) is 0 Å². The molecule has 0 saturated carbocycles. The van der Waals surface area contributed by atoms with Gasteiger partial charge in [0.2, 0.25) is 10.8 Å². The van der Waals surface area contributed by atoms with Crippen LogP contribution >= 0.6 is 23.1 Å². The zero-order valence-electron chi connectivity index (χ0n) is 9.51. The fourth-order valence-electron chi connectivity index (χ4n) is 1.27. The van der Waals surface area contributed by atoms with Crippen LogP contribution in [0.3, 0.4) is 0 Å². The van der Waals surface area contributed by atoms with Gasteiger partial charge in [0.15, 0.2) is 0 Å². The highest BCUT2D eigenvalue weighted by atomic mass is 35.5. The lowest BCUT2D eigenvalue weighted by Gasteiger charge is -2.04. The number of nitrogens with zero attached hydrogens (tertiary/aromatic N) is 2. The van der Waals surface area contributed by atoms with E-state index in [9.17, 15) is 4.79 Å². The van der Waals surface area contributed by atoms with Crippen molar-refractivity contribution >= 4 is 34.7 Å². The molecule has 2 rings (SSSR count). The molecule has 1 amide bonds. The number of carbonyl (C=O) groups excluding carboxylic acids is 1. The van der Waals surface area contributed by atoms with E-state index < -0.39 is 0 Å². The molecule has 1 aromatic heterocycles. The van der Waals surface area contributed by atoms with Crippen molar-refractivity contribution in [3.63, 3.8) is 0 Å². The fourth-order valence-corrected chi connectivity index (χ4v) is 1.98. The summed E-state index contributed by atoms with van der Waals surface area (Å²) >= 11 is 6.81. The number of hydrogen-bond donors (Lipinski definition) is 1. The third-order valence-electron chi connectivity index (χ3n) is 2.05. The van der Waals surface area contributed by atoms with Gasteiger partial charge >= 0.3 is 0 Å². The number of carbonyl (C=O) groups is 1. The molecule has 18 heavy (non-hydrogen) atoms. The maximum atomic E-state index is 11.9. The van der Waals surface area contributed by atoms with E-state index >= 15 is 0 Å². The Morgan fingerprint density at radius 3 is 2.83 bits per heavy atom. The summed E-state index contributed by atoms with van der Waals surface area (Å²) in [5, 5.41) is 7.48. The second-order valence-electron chi connectivity index (χ2n) is 3.30. The molecule has 7 heteroatoms. The van der Waals surface area contributed by atoms with Crippen LogP contribution in [0.5, 0.6) is 5.06 Å². The molecule has 94 valence electrons. The SMILES string of the molecule is CCOc1snnc1C(=O)Nc1ccc(Cl)cc1. The molecule has 0 atom stereocenters. The molecular weight excluding hydrogens is 274 g/mol. The van der Waals surface area contributed by atoms with Crippen LogP contribution in [0.4, 0.5) is 5.69 Å².